The van der Waals surface area contributed by atoms with Crippen molar-refractivity contribution in [2.75, 3.05) is 18.1 Å². The van der Waals surface area contributed by atoms with Gasteiger partial charge in [0.15, 0.2) is 9.84 Å². The third-order valence-electron chi connectivity index (χ3n) is 3.40. The molecule has 1 atom stereocenters. The van der Waals surface area contributed by atoms with Crippen LogP contribution >= 0.6 is 0 Å². The maximum Gasteiger partial charge on any atom is 0.243 e. The number of rotatable bonds is 3. The van der Waals surface area contributed by atoms with Crippen molar-refractivity contribution in [3.63, 3.8) is 0 Å². The Hall–Kier alpha value is -1.03. The second kappa shape index (κ2) is 5.64. The van der Waals surface area contributed by atoms with E-state index in [-0.39, 0.29) is 28.5 Å². The van der Waals surface area contributed by atoms with E-state index in [2.05, 4.69) is 0 Å². The van der Waals surface area contributed by atoms with Crippen LogP contribution in [0.4, 0.5) is 4.39 Å². The lowest BCUT2D eigenvalue weighted by molar-refractivity contribution is 0.275. The van der Waals surface area contributed by atoms with Crippen LogP contribution in [0.1, 0.15) is 12.5 Å². The van der Waals surface area contributed by atoms with Gasteiger partial charge in [0.25, 0.3) is 0 Å². The van der Waals surface area contributed by atoms with Crippen molar-refractivity contribution < 1.29 is 26.3 Å². The molecule has 0 aliphatic carbocycles. The molecule has 0 amide bonds. The van der Waals surface area contributed by atoms with Crippen LogP contribution in [0, 0.1) is 5.82 Å². The fourth-order valence-corrected chi connectivity index (χ4v) is 5.76. The first-order chi connectivity index (χ1) is 9.67. The van der Waals surface area contributed by atoms with Gasteiger partial charge in [0.1, 0.15) is 5.82 Å². The molecule has 0 saturated carbocycles. The molecule has 1 fully saturated rings. The van der Waals surface area contributed by atoms with E-state index >= 15 is 0 Å². The second-order valence-electron chi connectivity index (χ2n) is 4.99. The summed E-state index contributed by atoms with van der Waals surface area (Å²) in [5.41, 5.74) is -0.117. The summed E-state index contributed by atoms with van der Waals surface area (Å²) in [6, 6.07) is 2.47. The van der Waals surface area contributed by atoms with Crippen LogP contribution in [0.2, 0.25) is 0 Å². The van der Waals surface area contributed by atoms with Crippen molar-refractivity contribution in [2.24, 2.45) is 0 Å². The number of nitrogens with zero attached hydrogens (tertiary/aromatic N) is 1. The molecule has 118 valence electrons. The fraction of sp³-hybridized carbons (Fsp3) is 0.500. The van der Waals surface area contributed by atoms with Crippen LogP contribution in [0.5, 0.6) is 0 Å². The van der Waals surface area contributed by atoms with Gasteiger partial charge in [-0.3, -0.25) is 0 Å². The van der Waals surface area contributed by atoms with E-state index in [1.165, 1.54) is 6.92 Å². The molecule has 1 aromatic rings. The monoisotopic (exact) mass is 337 g/mol. The zero-order valence-corrected chi connectivity index (χ0v) is 13.0. The number of halogens is 1. The molecule has 2 rings (SSSR count). The Bertz CT molecular complexity index is 745. The molecular formula is C12H16FNO5S2. The van der Waals surface area contributed by atoms with Gasteiger partial charge in [-0.15, -0.1) is 0 Å². The highest BCUT2D eigenvalue weighted by Crippen LogP contribution is 2.24. The molecule has 21 heavy (non-hydrogen) atoms. The van der Waals surface area contributed by atoms with Crippen LogP contribution < -0.4 is 0 Å². The summed E-state index contributed by atoms with van der Waals surface area (Å²) in [5.74, 6) is -1.16. The van der Waals surface area contributed by atoms with E-state index in [1.807, 2.05) is 0 Å². The lowest BCUT2D eigenvalue weighted by atomic mass is 10.2. The van der Waals surface area contributed by atoms with E-state index in [4.69, 9.17) is 5.11 Å². The van der Waals surface area contributed by atoms with Crippen LogP contribution in [-0.2, 0) is 26.5 Å². The second-order valence-corrected chi connectivity index (χ2v) is 9.11. The number of hydrogen-bond donors (Lipinski definition) is 1. The minimum Gasteiger partial charge on any atom is -0.392 e. The van der Waals surface area contributed by atoms with Gasteiger partial charge >= 0.3 is 0 Å². The molecule has 1 saturated heterocycles. The smallest absolute Gasteiger partial charge is 0.243 e. The lowest BCUT2D eigenvalue weighted by Gasteiger charge is -2.32. The number of sulfone groups is 1. The van der Waals surface area contributed by atoms with Gasteiger partial charge in [-0.1, -0.05) is 0 Å². The standard InChI is InChI=1S/C12H16FNO5S2/c1-9-8-20(16,17)5-4-14(9)21(18,19)11-2-3-12(13)10(6-11)7-15/h2-3,6,9,15H,4-5,7-8H2,1H3. The van der Waals surface area contributed by atoms with Crippen molar-refractivity contribution in [1.82, 2.24) is 4.31 Å². The van der Waals surface area contributed by atoms with Crippen LogP contribution in [0.3, 0.4) is 0 Å². The first kappa shape index (κ1) is 16.3. The average molecular weight is 337 g/mol. The molecule has 1 unspecified atom stereocenters. The number of benzene rings is 1. The Labute approximate surface area is 123 Å². The summed E-state index contributed by atoms with van der Waals surface area (Å²) in [7, 11) is -7.15. The van der Waals surface area contributed by atoms with E-state index in [0.29, 0.717) is 0 Å². The average Bonchev–Trinajstić information content (AvgIpc) is 2.37. The molecule has 1 aliphatic heterocycles. The topological polar surface area (TPSA) is 91.8 Å². The predicted molar refractivity (Wildman–Crippen MR) is 74.3 cm³/mol. The minimum atomic E-state index is -3.92. The first-order valence-electron chi connectivity index (χ1n) is 6.29. The van der Waals surface area contributed by atoms with Gasteiger partial charge in [-0.2, -0.15) is 4.31 Å². The van der Waals surface area contributed by atoms with Crippen molar-refractivity contribution in [1.29, 1.82) is 0 Å². The zero-order valence-electron chi connectivity index (χ0n) is 11.4. The summed E-state index contributed by atoms with van der Waals surface area (Å²) < 4.78 is 62.5. The quantitative estimate of drug-likeness (QED) is 0.846. The minimum absolute atomic E-state index is 0.117. The molecule has 1 aliphatic rings. The van der Waals surface area contributed by atoms with Gasteiger partial charge < -0.3 is 5.11 Å². The van der Waals surface area contributed by atoms with E-state index < -0.39 is 38.3 Å². The van der Waals surface area contributed by atoms with Crippen molar-refractivity contribution in [2.45, 2.75) is 24.5 Å². The van der Waals surface area contributed by atoms with Gasteiger partial charge in [0.2, 0.25) is 10.0 Å². The van der Waals surface area contributed by atoms with Gasteiger partial charge in [0.05, 0.1) is 23.0 Å². The number of aliphatic hydroxyl groups is 1. The van der Waals surface area contributed by atoms with E-state index in [1.54, 1.807) is 0 Å². The Morgan fingerprint density at radius 3 is 2.67 bits per heavy atom. The number of hydrogen-bond acceptors (Lipinski definition) is 5. The molecule has 1 N–H and O–H groups in total. The number of sulfonamides is 1. The van der Waals surface area contributed by atoms with E-state index in [9.17, 15) is 21.2 Å². The maximum absolute atomic E-state index is 13.3. The molecular weight excluding hydrogens is 321 g/mol. The highest BCUT2D eigenvalue weighted by Gasteiger charge is 2.36. The normalized spacial score (nSPS) is 23.1. The summed E-state index contributed by atoms with van der Waals surface area (Å²) in [4.78, 5) is -0.154. The summed E-state index contributed by atoms with van der Waals surface area (Å²) in [6.07, 6.45) is 0. The van der Waals surface area contributed by atoms with Crippen LogP contribution in [0.15, 0.2) is 23.1 Å². The molecule has 6 nitrogen and oxygen atoms in total. The van der Waals surface area contributed by atoms with Gasteiger partial charge in [-0.25, -0.2) is 21.2 Å². The summed E-state index contributed by atoms with van der Waals surface area (Å²) in [5, 5.41) is 9.01. The Morgan fingerprint density at radius 2 is 2.10 bits per heavy atom. The molecule has 0 radical (unpaired) electrons. The Kier molecular flexibility index (Phi) is 4.39. The maximum atomic E-state index is 13.3. The SMILES string of the molecule is CC1CS(=O)(=O)CCN1S(=O)(=O)c1ccc(F)c(CO)c1. The predicted octanol–water partition coefficient (Wildman–Crippen LogP) is 0.126. The van der Waals surface area contributed by atoms with Crippen molar-refractivity contribution in [3.05, 3.63) is 29.6 Å². The fourth-order valence-electron chi connectivity index (χ4n) is 2.31. The van der Waals surface area contributed by atoms with Crippen LogP contribution in [-0.4, -0.2) is 50.3 Å². The van der Waals surface area contributed by atoms with Crippen molar-refractivity contribution in [3.8, 4) is 0 Å². The molecule has 1 aromatic carbocycles. The Morgan fingerprint density at radius 1 is 1.43 bits per heavy atom. The molecule has 0 aromatic heterocycles. The molecule has 9 heteroatoms. The molecule has 0 bridgehead atoms. The Balaban J connectivity index is 2.39. The molecule has 1 heterocycles. The summed E-state index contributed by atoms with van der Waals surface area (Å²) >= 11 is 0. The third kappa shape index (κ3) is 3.25. The third-order valence-corrected chi connectivity index (χ3v) is 7.21. The highest BCUT2D eigenvalue weighted by molar-refractivity contribution is 7.92. The number of aliphatic hydroxyl groups excluding tert-OH is 1. The highest BCUT2D eigenvalue weighted by atomic mass is 32.2. The van der Waals surface area contributed by atoms with Gasteiger partial charge in [0, 0.05) is 18.2 Å². The van der Waals surface area contributed by atoms with Crippen LogP contribution in [0.25, 0.3) is 0 Å². The van der Waals surface area contributed by atoms with E-state index in [0.717, 1.165) is 22.5 Å². The molecule has 0 spiro atoms. The van der Waals surface area contributed by atoms with Crippen molar-refractivity contribution >= 4 is 19.9 Å². The lowest BCUT2D eigenvalue weighted by Crippen LogP contribution is -2.49. The zero-order chi connectivity index (χ0) is 15.8. The first-order valence-corrected chi connectivity index (χ1v) is 9.55. The summed E-state index contributed by atoms with van der Waals surface area (Å²) in [6.45, 7) is 0.779. The largest absolute Gasteiger partial charge is 0.392 e. The van der Waals surface area contributed by atoms with Gasteiger partial charge in [-0.05, 0) is 25.1 Å².